The van der Waals surface area contributed by atoms with Gasteiger partial charge in [-0.3, -0.25) is 9.48 Å². The molecule has 0 unspecified atom stereocenters. The Balaban J connectivity index is 2.07. The molecule has 3 N–H and O–H groups in total. The van der Waals surface area contributed by atoms with Crippen LogP contribution in [0.3, 0.4) is 0 Å². The number of aryl methyl sites for hydroxylation is 1. The second-order valence-corrected chi connectivity index (χ2v) is 5.49. The highest BCUT2D eigenvalue weighted by atomic mass is 32.1. The number of hydrogen-bond donors (Lipinski definition) is 2. The highest BCUT2D eigenvalue weighted by Gasteiger charge is 2.18. The summed E-state index contributed by atoms with van der Waals surface area (Å²) in [6, 6.07) is 1.86. The van der Waals surface area contributed by atoms with Gasteiger partial charge in [0, 0.05) is 26.3 Å². The summed E-state index contributed by atoms with van der Waals surface area (Å²) >= 11 is 1.32. The topological polar surface area (TPSA) is 89.1 Å². The van der Waals surface area contributed by atoms with Crippen LogP contribution in [0.5, 0.6) is 0 Å². The maximum absolute atomic E-state index is 12.2. The summed E-state index contributed by atoms with van der Waals surface area (Å²) < 4.78 is 1.72. The lowest BCUT2D eigenvalue weighted by molar-refractivity contribution is 0.0955. The van der Waals surface area contributed by atoms with E-state index in [1.807, 2.05) is 27.0 Å². The van der Waals surface area contributed by atoms with Crippen LogP contribution in [0, 0.1) is 0 Å². The van der Waals surface area contributed by atoms with Crippen molar-refractivity contribution < 1.29 is 4.79 Å². The molecule has 0 bridgehead atoms. The van der Waals surface area contributed by atoms with Crippen LogP contribution in [0.2, 0.25) is 0 Å². The van der Waals surface area contributed by atoms with Crippen LogP contribution in [0.15, 0.2) is 12.3 Å². The van der Waals surface area contributed by atoms with Crippen molar-refractivity contribution in [2.45, 2.75) is 20.4 Å². The van der Waals surface area contributed by atoms with Gasteiger partial charge in [-0.2, -0.15) is 5.10 Å². The van der Waals surface area contributed by atoms with Gasteiger partial charge in [-0.1, -0.05) is 11.3 Å². The van der Waals surface area contributed by atoms with Gasteiger partial charge in [-0.05, 0) is 19.9 Å². The van der Waals surface area contributed by atoms with Gasteiger partial charge in [0.2, 0.25) is 0 Å². The lowest BCUT2D eigenvalue weighted by Crippen LogP contribution is -2.24. The Morgan fingerprint density at radius 1 is 1.48 bits per heavy atom. The van der Waals surface area contributed by atoms with Gasteiger partial charge in [0.1, 0.15) is 10.7 Å². The summed E-state index contributed by atoms with van der Waals surface area (Å²) in [4.78, 5) is 19.0. The zero-order valence-electron chi connectivity index (χ0n) is 12.5. The predicted molar refractivity (Wildman–Crippen MR) is 84.5 cm³/mol. The molecule has 0 fully saturated rings. The van der Waals surface area contributed by atoms with Gasteiger partial charge in [0.05, 0.1) is 12.2 Å². The molecule has 0 aliphatic carbocycles. The SMILES string of the molecule is CCN(CC)c1nc(N)c(C(=O)NCc2ccnn2C)s1. The quantitative estimate of drug-likeness (QED) is 0.838. The van der Waals surface area contributed by atoms with Crippen molar-refractivity contribution in [3.05, 3.63) is 22.8 Å². The van der Waals surface area contributed by atoms with Crippen LogP contribution in [0.4, 0.5) is 10.9 Å². The fourth-order valence-electron chi connectivity index (χ4n) is 1.94. The normalized spacial score (nSPS) is 10.6. The first-order valence-electron chi connectivity index (χ1n) is 6.83. The molecule has 2 heterocycles. The molecule has 0 radical (unpaired) electrons. The fraction of sp³-hybridized carbons (Fsp3) is 0.462. The Kier molecular flexibility index (Phi) is 4.79. The molecular formula is C13H20N6OS. The number of carbonyl (C=O) groups excluding carboxylic acids is 1. The Morgan fingerprint density at radius 3 is 2.76 bits per heavy atom. The zero-order valence-corrected chi connectivity index (χ0v) is 13.3. The molecule has 0 saturated carbocycles. The third kappa shape index (κ3) is 3.33. The molecule has 8 heteroatoms. The first-order chi connectivity index (χ1) is 10.1. The monoisotopic (exact) mass is 308 g/mol. The Morgan fingerprint density at radius 2 is 2.19 bits per heavy atom. The summed E-state index contributed by atoms with van der Waals surface area (Å²) in [7, 11) is 1.83. The Bertz CT molecular complexity index is 616. The van der Waals surface area contributed by atoms with Crippen LogP contribution in [0.25, 0.3) is 0 Å². The largest absolute Gasteiger partial charge is 0.382 e. The minimum Gasteiger partial charge on any atom is -0.382 e. The minimum absolute atomic E-state index is 0.204. The number of anilines is 2. The van der Waals surface area contributed by atoms with Crippen molar-refractivity contribution in [1.82, 2.24) is 20.1 Å². The molecule has 1 amide bonds. The van der Waals surface area contributed by atoms with Crippen LogP contribution in [0.1, 0.15) is 29.2 Å². The standard InChI is InChI=1S/C13H20N6OS/c1-4-19(5-2)13-17-11(14)10(21-13)12(20)15-8-9-6-7-16-18(9)3/h6-7H,4-5,8,14H2,1-3H3,(H,15,20). The number of rotatable bonds is 6. The predicted octanol–water partition coefficient (Wildman–Crippen LogP) is 1.23. The average Bonchev–Trinajstić information content (AvgIpc) is 3.04. The number of thiazole rings is 1. The number of carbonyl (C=O) groups is 1. The molecule has 0 atom stereocenters. The third-order valence-electron chi connectivity index (χ3n) is 3.23. The van der Waals surface area contributed by atoms with E-state index in [-0.39, 0.29) is 11.7 Å². The van der Waals surface area contributed by atoms with E-state index in [9.17, 15) is 4.79 Å². The molecule has 7 nitrogen and oxygen atoms in total. The molecule has 0 aromatic carbocycles. The van der Waals surface area contributed by atoms with Gasteiger partial charge in [0.25, 0.3) is 5.91 Å². The summed E-state index contributed by atoms with van der Waals surface area (Å²) in [6.45, 7) is 6.17. The second kappa shape index (κ2) is 6.57. The molecule has 0 spiro atoms. The minimum atomic E-state index is -0.204. The molecule has 2 aromatic rings. The van der Waals surface area contributed by atoms with Gasteiger partial charge >= 0.3 is 0 Å². The van der Waals surface area contributed by atoms with Crippen LogP contribution in [-0.4, -0.2) is 33.8 Å². The van der Waals surface area contributed by atoms with Gasteiger partial charge < -0.3 is 16.0 Å². The highest BCUT2D eigenvalue weighted by molar-refractivity contribution is 7.18. The van der Waals surface area contributed by atoms with Gasteiger partial charge in [-0.25, -0.2) is 4.98 Å². The van der Waals surface area contributed by atoms with Crippen molar-refractivity contribution in [3.63, 3.8) is 0 Å². The van der Waals surface area contributed by atoms with Crippen LogP contribution in [-0.2, 0) is 13.6 Å². The number of nitrogens with zero attached hydrogens (tertiary/aromatic N) is 4. The van der Waals surface area contributed by atoms with Crippen LogP contribution < -0.4 is 16.0 Å². The molecular weight excluding hydrogens is 288 g/mol. The molecule has 0 aliphatic heterocycles. The maximum Gasteiger partial charge on any atom is 0.265 e. The number of nitrogens with two attached hydrogens (primary N) is 1. The van der Waals surface area contributed by atoms with E-state index in [4.69, 9.17) is 5.73 Å². The zero-order chi connectivity index (χ0) is 15.4. The van der Waals surface area contributed by atoms with Gasteiger partial charge in [-0.15, -0.1) is 0 Å². The van der Waals surface area contributed by atoms with E-state index >= 15 is 0 Å². The van der Waals surface area contributed by atoms with E-state index in [2.05, 4.69) is 20.3 Å². The average molecular weight is 308 g/mol. The molecule has 21 heavy (non-hydrogen) atoms. The van der Waals surface area contributed by atoms with Crippen molar-refractivity contribution in [2.75, 3.05) is 23.7 Å². The molecule has 114 valence electrons. The first-order valence-corrected chi connectivity index (χ1v) is 7.64. The smallest absolute Gasteiger partial charge is 0.265 e. The number of nitrogen functional groups attached to an aromatic ring is 1. The van der Waals surface area contributed by atoms with Gasteiger partial charge in [0.15, 0.2) is 5.13 Å². The summed E-state index contributed by atoms with van der Waals surface area (Å²) in [6.07, 6.45) is 1.70. The second-order valence-electron chi connectivity index (χ2n) is 4.51. The fourth-order valence-corrected chi connectivity index (χ4v) is 2.97. The van der Waals surface area contributed by atoms with Crippen LogP contribution >= 0.6 is 11.3 Å². The molecule has 2 aromatic heterocycles. The van der Waals surface area contributed by atoms with Crippen molar-refractivity contribution in [2.24, 2.45) is 7.05 Å². The summed E-state index contributed by atoms with van der Waals surface area (Å²) in [5.41, 5.74) is 6.79. The van der Waals surface area contributed by atoms with E-state index in [0.29, 0.717) is 11.4 Å². The number of amides is 1. The molecule has 0 aliphatic rings. The first kappa shape index (κ1) is 15.3. The Hall–Kier alpha value is -2.09. The highest BCUT2D eigenvalue weighted by Crippen LogP contribution is 2.27. The summed E-state index contributed by atoms with van der Waals surface area (Å²) in [5.74, 6) is 0.0778. The molecule has 0 saturated heterocycles. The number of nitrogens with one attached hydrogen (secondary N) is 1. The van der Waals surface area contributed by atoms with Crippen molar-refractivity contribution >= 4 is 28.2 Å². The lowest BCUT2D eigenvalue weighted by atomic mass is 10.4. The van der Waals surface area contributed by atoms with Crippen molar-refractivity contribution in [1.29, 1.82) is 0 Å². The Labute approximate surface area is 127 Å². The number of aromatic nitrogens is 3. The lowest BCUT2D eigenvalue weighted by Gasteiger charge is -2.16. The van der Waals surface area contributed by atoms with Crippen molar-refractivity contribution in [3.8, 4) is 0 Å². The van der Waals surface area contributed by atoms with E-state index < -0.39 is 0 Å². The van der Waals surface area contributed by atoms with E-state index in [1.54, 1.807) is 10.9 Å². The molecule has 2 rings (SSSR count). The van der Waals surface area contributed by atoms with E-state index in [1.165, 1.54) is 11.3 Å². The number of hydrogen-bond acceptors (Lipinski definition) is 6. The summed E-state index contributed by atoms with van der Waals surface area (Å²) in [5, 5.41) is 7.68. The third-order valence-corrected chi connectivity index (χ3v) is 4.37. The van der Waals surface area contributed by atoms with E-state index in [0.717, 1.165) is 23.9 Å². The maximum atomic E-state index is 12.2.